The molecule has 0 amide bonds. The molecule has 0 unspecified atom stereocenters. The van der Waals surface area contributed by atoms with E-state index < -0.39 is 4.92 Å². The fourth-order valence-corrected chi connectivity index (χ4v) is 1.50. The van der Waals surface area contributed by atoms with Crippen molar-refractivity contribution in [1.29, 1.82) is 0 Å². The van der Waals surface area contributed by atoms with Gasteiger partial charge >= 0.3 is 5.69 Å². The summed E-state index contributed by atoms with van der Waals surface area (Å²) in [5, 5.41) is 10.9. The first kappa shape index (κ1) is 13.1. The summed E-state index contributed by atoms with van der Waals surface area (Å²) in [5.74, 6) is 0.360. The summed E-state index contributed by atoms with van der Waals surface area (Å²) in [5.41, 5.74) is 5.38. The molecule has 0 aliphatic rings. The Hall–Kier alpha value is -1.92. The van der Waals surface area contributed by atoms with E-state index in [1.807, 2.05) is 11.8 Å². The number of hydrogen-bond acceptors (Lipinski definition) is 6. The average molecular weight is 239 g/mol. The molecule has 7 nitrogen and oxygen atoms in total. The number of nitrogen functional groups attached to an aromatic ring is 1. The third-order valence-electron chi connectivity index (χ3n) is 2.43. The third kappa shape index (κ3) is 3.27. The van der Waals surface area contributed by atoms with Gasteiger partial charge in [0.15, 0.2) is 0 Å². The van der Waals surface area contributed by atoms with Crippen molar-refractivity contribution in [3.63, 3.8) is 0 Å². The summed E-state index contributed by atoms with van der Waals surface area (Å²) in [6.45, 7) is 5.37. The lowest BCUT2D eigenvalue weighted by Crippen LogP contribution is -2.26. The normalized spacial score (nSPS) is 10.2. The smallest absolute Gasteiger partial charge is 0.329 e. The molecule has 0 saturated carbocycles. The molecule has 0 fully saturated rings. The Morgan fingerprint density at radius 3 is 2.76 bits per heavy atom. The van der Waals surface area contributed by atoms with E-state index in [-0.39, 0.29) is 11.6 Å². The zero-order chi connectivity index (χ0) is 12.8. The number of nitrogens with zero attached hydrogens (tertiary/aromatic N) is 4. The topological polar surface area (TPSA) is 98.2 Å². The molecule has 0 saturated heterocycles. The van der Waals surface area contributed by atoms with E-state index in [9.17, 15) is 10.1 Å². The number of nitro groups is 1. The number of rotatable bonds is 6. The molecule has 0 bridgehead atoms. The van der Waals surface area contributed by atoms with Crippen LogP contribution in [-0.2, 0) is 0 Å². The molecule has 2 N–H and O–H groups in total. The van der Waals surface area contributed by atoms with Crippen molar-refractivity contribution in [2.45, 2.75) is 26.7 Å². The Balaban J connectivity index is 3.06. The minimum absolute atomic E-state index is 0.0561. The fourth-order valence-electron chi connectivity index (χ4n) is 1.50. The molecule has 1 rings (SSSR count). The van der Waals surface area contributed by atoms with E-state index in [1.165, 1.54) is 0 Å². The first-order valence-electron chi connectivity index (χ1n) is 5.62. The second-order valence-electron chi connectivity index (χ2n) is 3.63. The van der Waals surface area contributed by atoms with Crippen LogP contribution in [0.3, 0.4) is 0 Å². The van der Waals surface area contributed by atoms with Crippen LogP contribution < -0.4 is 10.6 Å². The van der Waals surface area contributed by atoms with Crippen LogP contribution >= 0.6 is 0 Å². The summed E-state index contributed by atoms with van der Waals surface area (Å²) < 4.78 is 0. The molecule has 1 aromatic rings. The number of aromatic nitrogens is 2. The SMILES string of the molecule is CCCCN(CC)c1nc(N)ncc1[N+](=O)[O-]. The van der Waals surface area contributed by atoms with E-state index >= 15 is 0 Å². The lowest BCUT2D eigenvalue weighted by molar-refractivity contribution is -0.384. The van der Waals surface area contributed by atoms with Crippen LogP contribution in [0, 0.1) is 10.1 Å². The largest absolute Gasteiger partial charge is 0.368 e. The lowest BCUT2D eigenvalue weighted by Gasteiger charge is -2.21. The maximum Gasteiger partial charge on any atom is 0.329 e. The van der Waals surface area contributed by atoms with Gasteiger partial charge in [-0.1, -0.05) is 13.3 Å². The summed E-state index contributed by atoms with van der Waals surface area (Å²) in [6.07, 6.45) is 3.13. The summed E-state index contributed by atoms with van der Waals surface area (Å²) in [6, 6.07) is 0. The van der Waals surface area contributed by atoms with Crippen LogP contribution in [0.1, 0.15) is 26.7 Å². The molecule has 0 aliphatic heterocycles. The number of hydrogen-bond donors (Lipinski definition) is 1. The zero-order valence-corrected chi connectivity index (χ0v) is 10.1. The fraction of sp³-hybridized carbons (Fsp3) is 0.600. The first-order chi connectivity index (χ1) is 8.10. The van der Waals surface area contributed by atoms with E-state index in [4.69, 9.17) is 5.73 Å². The molecule has 0 atom stereocenters. The van der Waals surface area contributed by atoms with Gasteiger partial charge < -0.3 is 10.6 Å². The van der Waals surface area contributed by atoms with Gasteiger partial charge in [0.05, 0.1) is 4.92 Å². The van der Waals surface area contributed by atoms with Gasteiger partial charge in [0.25, 0.3) is 0 Å². The molecule has 0 aliphatic carbocycles. The third-order valence-corrected chi connectivity index (χ3v) is 2.43. The average Bonchev–Trinajstić information content (AvgIpc) is 2.29. The van der Waals surface area contributed by atoms with Crippen LogP contribution in [-0.4, -0.2) is 28.0 Å². The Kier molecular flexibility index (Phi) is 4.62. The minimum atomic E-state index is -0.483. The van der Waals surface area contributed by atoms with Gasteiger partial charge in [-0.3, -0.25) is 10.1 Å². The minimum Gasteiger partial charge on any atom is -0.368 e. The van der Waals surface area contributed by atoms with Crippen molar-refractivity contribution < 1.29 is 4.92 Å². The number of unbranched alkanes of at least 4 members (excludes halogenated alkanes) is 1. The predicted octanol–water partition coefficient (Wildman–Crippen LogP) is 1.59. The highest BCUT2D eigenvalue weighted by Crippen LogP contribution is 2.25. The highest BCUT2D eigenvalue weighted by Gasteiger charge is 2.21. The standard InChI is InChI=1S/C10H17N5O2/c1-3-5-6-14(4-2)9-8(15(16)17)7-12-10(11)13-9/h7H,3-6H2,1-2H3,(H2,11,12,13). The molecule has 17 heavy (non-hydrogen) atoms. The summed E-state index contributed by atoms with van der Waals surface area (Å²) in [4.78, 5) is 19.9. The first-order valence-corrected chi connectivity index (χ1v) is 5.62. The van der Waals surface area contributed by atoms with Crippen LogP contribution in [0.15, 0.2) is 6.20 Å². The molecule has 94 valence electrons. The molecular weight excluding hydrogens is 222 g/mol. The monoisotopic (exact) mass is 239 g/mol. The predicted molar refractivity (Wildman–Crippen MR) is 65.9 cm³/mol. The van der Waals surface area contributed by atoms with Crippen molar-refractivity contribution in [3.05, 3.63) is 16.3 Å². The maximum atomic E-state index is 10.9. The van der Waals surface area contributed by atoms with E-state index in [2.05, 4.69) is 16.9 Å². The lowest BCUT2D eigenvalue weighted by atomic mass is 10.3. The van der Waals surface area contributed by atoms with Crippen molar-refractivity contribution in [2.75, 3.05) is 23.7 Å². The number of nitrogens with two attached hydrogens (primary N) is 1. The Bertz CT molecular complexity index is 396. The van der Waals surface area contributed by atoms with Gasteiger partial charge in [-0.2, -0.15) is 4.98 Å². The molecule has 7 heteroatoms. The van der Waals surface area contributed by atoms with Crippen LogP contribution in [0.5, 0.6) is 0 Å². The van der Waals surface area contributed by atoms with E-state index in [0.717, 1.165) is 25.6 Å². The van der Waals surface area contributed by atoms with Gasteiger partial charge in [-0.25, -0.2) is 4.98 Å². The highest BCUT2D eigenvalue weighted by atomic mass is 16.6. The van der Waals surface area contributed by atoms with Crippen molar-refractivity contribution in [2.24, 2.45) is 0 Å². The molecule has 1 heterocycles. The Morgan fingerprint density at radius 1 is 1.53 bits per heavy atom. The summed E-state index contributed by atoms with van der Waals surface area (Å²) >= 11 is 0. The van der Waals surface area contributed by atoms with Crippen LogP contribution in [0.25, 0.3) is 0 Å². The Labute approximate surface area is 99.8 Å². The zero-order valence-electron chi connectivity index (χ0n) is 10.1. The van der Waals surface area contributed by atoms with E-state index in [1.54, 1.807) is 0 Å². The molecule has 0 radical (unpaired) electrons. The van der Waals surface area contributed by atoms with Crippen LogP contribution in [0.4, 0.5) is 17.5 Å². The maximum absolute atomic E-state index is 10.9. The van der Waals surface area contributed by atoms with Gasteiger partial charge in [0.2, 0.25) is 11.8 Å². The number of anilines is 2. The second-order valence-corrected chi connectivity index (χ2v) is 3.63. The van der Waals surface area contributed by atoms with Crippen molar-refractivity contribution in [1.82, 2.24) is 9.97 Å². The van der Waals surface area contributed by atoms with Gasteiger partial charge in [-0.05, 0) is 13.3 Å². The summed E-state index contributed by atoms with van der Waals surface area (Å²) in [7, 11) is 0. The molecule has 0 aromatic carbocycles. The van der Waals surface area contributed by atoms with Gasteiger partial charge in [-0.15, -0.1) is 0 Å². The highest BCUT2D eigenvalue weighted by molar-refractivity contribution is 5.58. The molecule has 1 aromatic heterocycles. The molecular formula is C10H17N5O2. The quantitative estimate of drug-likeness (QED) is 0.598. The second kappa shape index (κ2) is 5.97. The van der Waals surface area contributed by atoms with Gasteiger partial charge in [0.1, 0.15) is 6.20 Å². The van der Waals surface area contributed by atoms with Gasteiger partial charge in [0, 0.05) is 13.1 Å². The van der Waals surface area contributed by atoms with Crippen molar-refractivity contribution in [3.8, 4) is 0 Å². The van der Waals surface area contributed by atoms with Crippen LogP contribution in [0.2, 0.25) is 0 Å². The van der Waals surface area contributed by atoms with E-state index in [0.29, 0.717) is 12.4 Å². The molecule has 0 spiro atoms. The Morgan fingerprint density at radius 2 is 2.24 bits per heavy atom. The van der Waals surface area contributed by atoms with Crippen molar-refractivity contribution >= 4 is 17.5 Å².